The van der Waals surface area contributed by atoms with Crippen LogP contribution in [0.25, 0.3) is 0 Å². The lowest BCUT2D eigenvalue weighted by atomic mass is 9.89. The number of hydrogen-bond donors (Lipinski definition) is 0. The summed E-state index contributed by atoms with van der Waals surface area (Å²) in [4.78, 5) is 27.5. The Morgan fingerprint density at radius 2 is 2.25 bits per heavy atom. The van der Waals surface area contributed by atoms with Gasteiger partial charge in [0.2, 0.25) is 12.2 Å². The molecule has 0 saturated heterocycles. The molecule has 0 aromatic carbocycles. The van der Waals surface area contributed by atoms with Crippen LogP contribution in [0.1, 0.15) is 6.42 Å². The Hall–Kier alpha value is -2.02. The highest BCUT2D eigenvalue weighted by atomic mass is 16.1. The van der Waals surface area contributed by atoms with Gasteiger partial charge in [-0.2, -0.15) is 4.99 Å². The van der Waals surface area contributed by atoms with E-state index >= 15 is 0 Å². The summed E-state index contributed by atoms with van der Waals surface area (Å²) in [6.07, 6.45) is 11.2. The van der Waals surface area contributed by atoms with Crippen LogP contribution in [0.2, 0.25) is 0 Å². The van der Waals surface area contributed by atoms with Gasteiger partial charge in [0.05, 0.1) is 12.6 Å². The Bertz CT molecular complexity index is 411. The van der Waals surface area contributed by atoms with E-state index in [0.717, 1.165) is 12.0 Å². The van der Waals surface area contributed by atoms with E-state index in [1.54, 1.807) is 12.2 Å². The molecule has 0 aromatic heterocycles. The number of isocyanates is 2. The first-order chi connectivity index (χ1) is 7.81. The zero-order valence-electron chi connectivity index (χ0n) is 8.80. The van der Waals surface area contributed by atoms with E-state index in [-0.39, 0.29) is 18.5 Å². The summed E-state index contributed by atoms with van der Waals surface area (Å²) in [5, 5.41) is 0. The van der Waals surface area contributed by atoms with Crippen molar-refractivity contribution in [3.63, 3.8) is 0 Å². The van der Waals surface area contributed by atoms with Gasteiger partial charge in [0, 0.05) is 5.92 Å². The zero-order valence-corrected chi connectivity index (χ0v) is 8.80. The van der Waals surface area contributed by atoms with Crippen molar-refractivity contribution in [1.82, 2.24) is 0 Å². The summed E-state index contributed by atoms with van der Waals surface area (Å²) < 4.78 is 0. The normalized spacial score (nSPS) is 22.6. The molecule has 0 N–H and O–H groups in total. The van der Waals surface area contributed by atoms with Gasteiger partial charge in [0.25, 0.3) is 0 Å². The predicted molar refractivity (Wildman–Crippen MR) is 60.4 cm³/mol. The molecule has 16 heavy (non-hydrogen) atoms. The molecule has 0 saturated carbocycles. The van der Waals surface area contributed by atoms with E-state index in [4.69, 9.17) is 0 Å². The van der Waals surface area contributed by atoms with Crippen molar-refractivity contribution in [1.29, 1.82) is 0 Å². The minimum atomic E-state index is -0.239. The van der Waals surface area contributed by atoms with Crippen LogP contribution in [0.4, 0.5) is 0 Å². The summed E-state index contributed by atoms with van der Waals surface area (Å²) in [5.74, 6) is 0.128. The first-order valence-electron chi connectivity index (χ1n) is 4.92. The summed E-state index contributed by atoms with van der Waals surface area (Å²) in [6, 6.07) is -0.239. The van der Waals surface area contributed by atoms with Crippen molar-refractivity contribution >= 4 is 12.2 Å². The molecule has 2 unspecified atom stereocenters. The molecule has 0 fully saturated rings. The van der Waals surface area contributed by atoms with Gasteiger partial charge < -0.3 is 0 Å². The largest absolute Gasteiger partial charge is 0.235 e. The van der Waals surface area contributed by atoms with Crippen molar-refractivity contribution in [2.45, 2.75) is 12.5 Å². The quantitative estimate of drug-likeness (QED) is 0.399. The van der Waals surface area contributed by atoms with Crippen LogP contribution in [-0.4, -0.2) is 24.7 Å². The maximum absolute atomic E-state index is 10.3. The molecule has 2 atom stereocenters. The van der Waals surface area contributed by atoms with Crippen molar-refractivity contribution in [2.75, 3.05) is 6.54 Å². The second kappa shape index (κ2) is 6.46. The molecule has 0 spiro atoms. The molecule has 1 aliphatic carbocycles. The van der Waals surface area contributed by atoms with Crippen LogP contribution in [0, 0.1) is 5.92 Å². The van der Waals surface area contributed by atoms with Crippen LogP contribution in [-0.2, 0) is 9.59 Å². The fourth-order valence-corrected chi connectivity index (χ4v) is 1.59. The molecule has 1 aliphatic rings. The minimum absolute atomic E-state index is 0.128. The molecule has 0 heterocycles. The fraction of sp³-hybridized carbons (Fsp3) is 0.333. The third-order valence-electron chi connectivity index (χ3n) is 2.35. The number of hydrogen-bond acceptors (Lipinski definition) is 4. The molecule has 0 radical (unpaired) electrons. The molecular formula is C12H12N2O2. The molecule has 0 bridgehead atoms. The Morgan fingerprint density at radius 1 is 1.44 bits per heavy atom. The van der Waals surface area contributed by atoms with Gasteiger partial charge in [-0.3, -0.25) is 0 Å². The first kappa shape index (κ1) is 12.1. The van der Waals surface area contributed by atoms with Crippen LogP contribution >= 0.6 is 0 Å². The molecule has 1 rings (SSSR count). The second-order valence-corrected chi connectivity index (χ2v) is 3.41. The third kappa shape index (κ3) is 3.28. The van der Waals surface area contributed by atoms with Crippen molar-refractivity contribution in [3.8, 4) is 0 Å². The van der Waals surface area contributed by atoms with Gasteiger partial charge >= 0.3 is 0 Å². The number of aliphatic imine (C=N–C) groups is 2. The topological polar surface area (TPSA) is 58.9 Å². The van der Waals surface area contributed by atoms with Crippen molar-refractivity contribution in [2.24, 2.45) is 15.9 Å². The number of rotatable bonds is 5. The monoisotopic (exact) mass is 216 g/mol. The molecular weight excluding hydrogens is 204 g/mol. The van der Waals surface area contributed by atoms with E-state index in [1.165, 1.54) is 6.08 Å². The average molecular weight is 216 g/mol. The summed E-state index contributed by atoms with van der Waals surface area (Å²) in [5.41, 5.74) is 0.854. The van der Waals surface area contributed by atoms with E-state index in [0.29, 0.717) is 0 Å². The third-order valence-corrected chi connectivity index (χ3v) is 2.35. The van der Waals surface area contributed by atoms with Gasteiger partial charge in [-0.25, -0.2) is 14.6 Å². The van der Waals surface area contributed by atoms with E-state index in [1.807, 2.05) is 18.2 Å². The maximum atomic E-state index is 10.3. The van der Waals surface area contributed by atoms with Crippen LogP contribution in [0.15, 0.2) is 46.4 Å². The highest BCUT2D eigenvalue weighted by Crippen LogP contribution is 2.23. The van der Waals surface area contributed by atoms with E-state index in [2.05, 4.69) is 16.6 Å². The van der Waals surface area contributed by atoms with Gasteiger partial charge in [-0.1, -0.05) is 24.3 Å². The number of nitrogens with zero attached hydrogens (tertiary/aromatic N) is 2. The predicted octanol–water partition coefficient (Wildman–Crippen LogP) is 1.72. The maximum Gasteiger partial charge on any atom is 0.235 e. The van der Waals surface area contributed by atoms with Gasteiger partial charge in [-0.15, -0.1) is 6.58 Å². The second-order valence-electron chi connectivity index (χ2n) is 3.41. The molecule has 4 nitrogen and oxygen atoms in total. The Kier molecular flexibility index (Phi) is 4.87. The van der Waals surface area contributed by atoms with Gasteiger partial charge in [-0.05, 0) is 12.0 Å². The molecule has 0 aliphatic heterocycles. The molecule has 0 amide bonds. The van der Waals surface area contributed by atoms with Crippen LogP contribution in [0.5, 0.6) is 0 Å². The summed E-state index contributed by atoms with van der Waals surface area (Å²) >= 11 is 0. The SMILES string of the molecule is C=CCC1C=CC(CN=C=O)=CC1N=C=O. The smallest absolute Gasteiger partial charge is 0.211 e. The Labute approximate surface area is 93.8 Å². The summed E-state index contributed by atoms with van der Waals surface area (Å²) in [6.45, 7) is 3.92. The first-order valence-corrected chi connectivity index (χ1v) is 4.92. The van der Waals surface area contributed by atoms with Crippen LogP contribution < -0.4 is 0 Å². The Morgan fingerprint density at radius 3 is 2.88 bits per heavy atom. The number of carbonyl (C=O) groups excluding carboxylic acids is 2. The molecule has 0 aromatic rings. The van der Waals surface area contributed by atoms with E-state index in [9.17, 15) is 9.59 Å². The Balaban J connectivity index is 2.82. The van der Waals surface area contributed by atoms with E-state index < -0.39 is 0 Å². The lowest BCUT2D eigenvalue weighted by Gasteiger charge is -2.20. The van der Waals surface area contributed by atoms with Crippen molar-refractivity contribution in [3.05, 3.63) is 36.5 Å². The summed E-state index contributed by atoms with van der Waals surface area (Å²) in [7, 11) is 0. The fourth-order valence-electron chi connectivity index (χ4n) is 1.59. The van der Waals surface area contributed by atoms with Crippen molar-refractivity contribution < 1.29 is 9.59 Å². The highest BCUT2D eigenvalue weighted by molar-refractivity contribution is 5.39. The lowest BCUT2D eigenvalue weighted by molar-refractivity contribution is 0.540. The van der Waals surface area contributed by atoms with Crippen LogP contribution in [0.3, 0.4) is 0 Å². The number of allylic oxidation sites excluding steroid dienone is 1. The highest BCUT2D eigenvalue weighted by Gasteiger charge is 2.18. The molecule has 4 heteroatoms. The standard InChI is InChI=1S/C12H12N2O2/c1-2-3-11-5-4-10(7-13-8-15)6-12(11)14-9-16/h2,4-6,11-12H,1,3,7H2. The average Bonchev–Trinajstić information content (AvgIpc) is 2.30. The molecule has 82 valence electrons. The minimum Gasteiger partial charge on any atom is -0.211 e. The zero-order chi connectivity index (χ0) is 11.8. The van der Waals surface area contributed by atoms with Gasteiger partial charge in [0.15, 0.2) is 0 Å². The van der Waals surface area contributed by atoms with Gasteiger partial charge in [0.1, 0.15) is 0 Å². The lowest BCUT2D eigenvalue weighted by Crippen LogP contribution is -2.17.